The number of hydrogen-bond acceptors (Lipinski definition) is 5. The van der Waals surface area contributed by atoms with Gasteiger partial charge in [0.25, 0.3) is 0 Å². The van der Waals surface area contributed by atoms with Crippen molar-refractivity contribution in [3.8, 4) is 10.6 Å². The number of nitrogens with zero attached hydrogens (tertiary/aromatic N) is 1. The number of thiophene rings is 1. The number of aromatic nitrogens is 1. The van der Waals surface area contributed by atoms with Gasteiger partial charge in [-0.15, -0.1) is 11.3 Å². The van der Waals surface area contributed by atoms with Gasteiger partial charge in [0.2, 0.25) is 0 Å². The molecule has 0 saturated heterocycles. The molecule has 2 aromatic heterocycles. The zero-order valence-corrected chi connectivity index (χ0v) is 9.84. The minimum Gasteiger partial charge on any atom is -0.462 e. The average molecular weight is 237 g/mol. The number of carbonyl (C=O) groups excluding carboxylic acids is 1. The molecule has 2 rings (SSSR count). The summed E-state index contributed by atoms with van der Waals surface area (Å²) in [6.45, 7) is 4.07. The fraction of sp³-hybridized carbons (Fsp3) is 0.273. The summed E-state index contributed by atoms with van der Waals surface area (Å²) in [6, 6.07) is 1.98. The minimum absolute atomic E-state index is 0.340. The van der Waals surface area contributed by atoms with Crippen molar-refractivity contribution in [2.24, 2.45) is 0 Å². The quantitative estimate of drug-likeness (QED) is 0.770. The van der Waals surface area contributed by atoms with E-state index in [1.165, 1.54) is 17.6 Å². The van der Waals surface area contributed by atoms with E-state index in [2.05, 4.69) is 5.16 Å². The molecule has 0 atom stereocenters. The first kappa shape index (κ1) is 10.9. The molecule has 0 fully saturated rings. The van der Waals surface area contributed by atoms with Crippen molar-refractivity contribution in [2.75, 3.05) is 6.61 Å². The number of ether oxygens (including phenoxy) is 1. The molecule has 0 aliphatic carbocycles. The molecule has 0 aromatic carbocycles. The van der Waals surface area contributed by atoms with Crippen LogP contribution in [-0.2, 0) is 4.74 Å². The van der Waals surface area contributed by atoms with E-state index in [4.69, 9.17) is 9.26 Å². The van der Waals surface area contributed by atoms with Crippen LogP contribution in [0.25, 0.3) is 10.6 Å². The summed E-state index contributed by atoms with van der Waals surface area (Å²) in [5, 5.41) is 5.81. The van der Waals surface area contributed by atoms with Crippen LogP contribution in [-0.4, -0.2) is 17.7 Å². The normalized spacial score (nSPS) is 10.4. The summed E-state index contributed by atoms with van der Waals surface area (Å²) in [4.78, 5) is 12.6. The van der Waals surface area contributed by atoms with Gasteiger partial charge in [-0.25, -0.2) is 4.79 Å². The fourth-order valence-electron chi connectivity index (χ4n) is 1.37. The SMILES string of the molecule is CCOC(=O)c1conc1-c1sccc1C. The maximum atomic E-state index is 11.6. The third-order valence-electron chi connectivity index (χ3n) is 2.14. The number of hydrogen-bond donors (Lipinski definition) is 0. The monoisotopic (exact) mass is 237 g/mol. The van der Waals surface area contributed by atoms with Gasteiger partial charge in [0.05, 0.1) is 11.5 Å². The van der Waals surface area contributed by atoms with Gasteiger partial charge in [-0.05, 0) is 30.9 Å². The first-order valence-corrected chi connectivity index (χ1v) is 5.78. The van der Waals surface area contributed by atoms with Crippen LogP contribution in [0.2, 0.25) is 0 Å². The standard InChI is InChI=1S/C11H11NO3S/c1-3-14-11(13)8-6-15-12-9(8)10-7(2)4-5-16-10/h4-6H,3H2,1-2H3. The van der Waals surface area contributed by atoms with Crippen LogP contribution in [0.1, 0.15) is 22.8 Å². The predicted molar refractivity (Wildman–Crippen MR) is 60.5 cm³/mol. The molecular formula is C11H11NO3S. The minimum atomic E-state index is -0.397. The van der Waals surface area contributed by atoms with Crippen molar-refractivity contribution in [2.45, 2.75) is 13.8 Å². The molecule has 0 aliphatic rings. The van der Waals surface area contributed by atoms with E-state index in [1.807, 2.05) is 18.4 Å². The van der Waals surface area contributed by atoms with Gasteiger partial charge in [-0.1, -0.05) is 5.16 Å². The molecule has 2 aromatic rings. The summed E-state index contributed by atoms with van der Waals surface area (Å²) in [6.07, 6.45) is 1.33. The third kappa shape index (κ3) is 1.86. The van der Waals surface area contributed by atoms with E-state index in [1.54, 1.807) is 6.92 Å². The van der Waals surface area contributed by atoms with Crippen LogP contribution in [0.15, 0.2) is 22.2 Å². The summed E-state index contributed by atoms with van der Waals surface area (Å²) in [7, 11) is 0. The summed E-state index contributed by atoms with van der Waals surface area (Å²) in [5.41, 5.74) is 2.02. The molecule has 0 radical (unpaired) electrons. The van der Waals surface area contributed by atoms with Gasteiger partial charge in [0.15, 0.2) is 0 Å². The highest BCUT2D eigenvalue weighted by molar-refractivity contribution is 7.13. The molecule has 0 amide bonds. The molecule has 0 saturated carbocycles. The van der Waals surface area contributed by atoms with Crippen LogP contribution in [0.4, 0.5) is 0 Å². The zero-order valence-electron chi connectivity index (χ0n) is 9.02. The van der Waals surface area contributed by atoms with Crippen LogP contribution in [0.5, 0.6) is 0 Å². The van der Waals surface area contributed by atoms with Crippen molar-refractivity contribution in [3.05, 3.63) is 28.8 Å². The Hall–Kier alpha value is -1.62. The Labute approximate surface area is 96.8 Å². The lowest BCUT2D eigenvalue weighted by Gasteiger charge is -2.00. The second-order valence-electron chi connectivity index (χ2n) is 3.23. The summed E-state index contributed by atoms with van der Waals surface area (Å²) in [5.74, 6) is -0.397. The van der Waals surface area contributed by atoms with Gasteiger partial charge in [0.1, 0.15) is 17.5 Å². The van der Waals surface area contributed by atoms with E-state index >= 15 is 0 Å². The van der Waals surface area contributed by atoms with Crippen molar-refractivity contribution < 1.29 is 14.1 Å². The Morgan fingerprint density at radius 3 is 3.06 bits per heavy atom. The Kier molecular flexibility index (Phi) is 3.05. The van der Waals surface area contributed by atoms with Crippen LogP contribution in [0.3, 0.4) is 0 Å². The highest BCUT2D eigenvalue weighted by Crippen LogP contribution is 2.30. The first-order valence-electron chi connectivity index (χ1n) is 4.90. The smallest absolute Gasteiger partial charge is 0.343 e. The molecule has 84 valence electrons. The fourth-order valence-corrected chi connectivity index (χ4v) is 2.29. The number of aryl methyl sites for hydroxylation is 1. The van der Waals surface area contributed by atoms with Crippen LogP contribution in [0, 0.1) is 6.92 Å². The maximum Gasteiger partial charge on any atom is 0.343 e. The third-order valence-corrected chi connectivity index (χ3v) is 3.17. The zero-order chi connectivity index (χ0) is 11.5. The van der Waals surface area contributed by atoms with Crippen LogP contribution < -0.4 is 0 Å². The van der Waals surface area contributed by atoms with E-state index in [0.29, 0.717) is 17.9 Å². The Morgan fingerprint density at radius 1 is 1.62 bits per heavy atom. The van der Waals surface area contributed by atoms with Gasteiger partial charge in [-0.3, -0.25) is 0 Å². The molecule has 0 spiro atoms. The number of carbonyl (C=O) groups is 1. The van der Waals surface area contributed by atoms with Crippen molar-refractivity contribution in [1.29, 1.82) is 0 Å². The van der Waals surface area contributed by atoms with Gasteiger partial charge >= 0.3 is 5.97 Å². The Morgan fingerprint density at radius 2 is 2.44 bits per heavy atom. The Bertz CT molecular complexity index is 501. The van der Waals surface area contributed by atoms with Crippen LogP contribution >= 0.6 is 11.3 Å². The van der Waals surface area contributed by atoms with Gasteiger partial charge in [-0.2, -0.15) is 0 Å². The van der Waals surface area contributed by atoms with E-state index in [9.17, 15) is 4.79 Å². The largest absolute Gasteiger partial charge is 0.462 e. The van der Waals surface area contributed by atoms with Crippen molar-refractivity contribution in [1.82, 2.24) is 5.16 Å². The second-order valence-corrected chi connectivity index (χ2v) is 4.15. The predicted octanol–water partition coefficient (Wildman–Crippen LogP) is 2.89. The maximum absolute atomic E-state index is 11.6. The van der Waals surface area contributed by atoms with Gasteiger partial charge in [0, 0.05) is 0 Å². The molecule has 0 bridgehead atoms. The molecule has 0 aliphatic heterocycles. The summed E-state index contributed by atoms with van der Waals surface area (Å²) < 4.78 is 9.78. The van der Waals surface area contributed by atoms with Crippen molar-refractivity contribution >= 4 is 17.3 Å². The van der Waals surface area contributed by atoms with E-state index in [0.717, 1.165) is 10.4 Å². The van der Waals surface area contributed by atoms with E-state index in [-0.39, 0.29) is 0 Å². The molecule has 16 heavy (non-hydrogen) atoms. The molecule has 5 heteroatoms. The lowest BCUT2D eigenvalue weighted by Crippen LogP contribution is -2.04. The molecule has 0 unspecified atom stereocenters. The Balaban J connectivity index is 2.40. The molecule has 0 N–H and O–H groups in total. The highest BCUT2D eigenvalue weighted by atomic mass is 32.1. The highest BCUT2D eigenvalue weighted by Gasteiger charge is 2.20. The molecule has 2 heterocycles. The number of esters is 1. The lowest BCUT2D eigenvalue weighted by atomic mass is 10.1. The molecular weight excluding hydrogens is 226 g/mol. The first-order chi connectivity index (χ1) is 7.74. The topological polar surface area (TPSA) is 52.3 Å². The van der Waals surface area contributed by atoms with E-state index < -0.39 is 5.97 Å². The second kappa shape index (κ2) is 4.49. The number of rotatable bonds is 3. The van der Waals surface area contributed by atoms with Crippen molar-refractivity contribution in [3.63, 3.8) is 0 Å². The molecule has 4 nitrogen and oxygen atoms in total. The lowest BCUT2D eigenvalue weighted by molar-refractivity contribution is 0.0526. The summed E-state index contributed by atoms with van der Waals surface area (Å²) >= 11 is 1.53. The average Bonchev–Trinajstić information content (AvgIpc) is 2.85. The van der Waals surface area contributed by atoms with Gasteiger partial charge < -0.3 is 9.26 Å².